The summed E-state index contributed by atoms with van der Waals surface area (Å²) in [7, 11) is 0. The first kappa shape index (κ1) is 12.3. The summed E-state index contributed by atoms with van der Waals surface area (Å²) in [6.45, 7) is 2.76. The van der Waals surface area contributed by atoms with Gasteiger partial charge in [0.25, 0.3) is 0 Å². The molecular formula is C13H14FN3O. The number of nitrogen functional groups attached to an aromatic ring is 1. The lowest BCUT2D eigenvalue weighted by Crippen LogP contribution is -2.05. The highest BCUT2D eigenvalue weighted by Gasteiger charge is 2.15. The van der Waals surface area contributed by atoms with Gasteiger partial charge in [-0.1, -0.05) is 6.92 Å². The molecule has 0 radical (unpaired) electrons. The summed E-state index contributed by atoms with van der Waals surface area (Å²) in [4.78, 5) is 12.1. The van der Waals surface area contributed by atoms with Crippen molar-refractivity contribution in [2.24, 2.45) is 0 Å². The van der Waals surface area contributed by atoms with E-state index in [1.165, 1.54) is 18.3 Å². The summed E-state index contributed by atoms with van der Waals surface area (Å²) in [5.74, 6) is -0.789. The third-order valence-corrected chi connectivity index (χ3v) is 2.61. The van der Waals surface area contributed by atoms with Gasteiger partial charge in [0.15, 0.2) is 5.78 Å². The second-order valence-electron chi connectivity index (χ2n) is 4.05. The van der Waals surface area contributed by atoms with Crippen molar-refractivity contribution in [1.82, 2.24) is 9.78 Å². The van der Waals surface area contributed by atoms with Crippen LogP contribution in [-0.2, 0) is 6.54 Å². The molecule has 0 spiro atoms. The minimum absolute atomic E-state index is 0.172. The Hall–Kier alpha value is -2.17. The number of carbonyl (C=O) groups excluding carboxylic acids is 1. The van der Waals surface area contributed by atoms with Crippen LogP contribution >= 0.6 is 0 Å². The summed E-state index contributed by atoms with van der Waals surface area (Å²) in [6.07, 6.45) is 4.05. The van der Waals surface area contributed by atoms with Crippen LogP contribution in [0.1, 0.15) is 29.3 Å². The van der Waals surface area contributed by atoms with Gasteiger partial charge in [0.1, 0.15) is 5.82 Å². The van der Waals surface area contributed by atoms with E-state index in [1.54, 1.807) is 10.9 Å². The predicted octanol–water partition coefficient (Wildman–Crippen LogP) is 2.25. The number of aryl methyl sites for hydroxylation is 1. The van der Waals surface area contributed by atoms with Crippen molar-refractivity contribution in [3.63, 3.8) is 0 Å². The summed E-state index contributed by atoms with van der Waals surface area (Å²) >= 11 is 0. The van der Waals surface area contributed by atoms with E-state index in [0.717, 1.165) is 19.0 Å². The van der Waals surface area contributed by atoms with Gasteiger partial charge >= 0.3 is 0 Å². The summed E-state index contributed by atoms with van der Waals surface area (Å²) in [6, 6.07) is 3.76. The zero-order valence-corrected chi connectivity index (χ0v) is 10.1. The van der Waals surface area contributed by atoms with Crippen LogP contribution < -0.4 is 5.73 Å². The van der Waals surface area contributed by atoms with Gasteiger partial charge in [0, 0.05) is 24.0 Å². The highest BCUT2D eigenvalue weighted by Crippen LogP contribution is 2.17. The molecule has 0 unspecified atom stereocenters. The number of hydrogen-bond acceptors (Lipinski definition) is 3. The fourth-order valence-corrected chi connectivity index (χ4v) is 1.71. The Morgan fingerprint density at radius 1 is 1.50 bits per heavy atom. The van der Waals surface area contributed by atoms with Gasteiger partial charge in [-0.3, -0.25) is 9.48 Å². The van der Waals surface area contributed by atoms with E-state index < -0.39 is 5.82 Å². The lowest BCUT2D eigenvalue weighted by atomic mass is 10.0. The van der Waals surface area contributed by atoms with Crippen LogP contribution in [0.15, 0.2) is 30.6 Å². The van der Waals surface area contributed by atoms with Gasteiger partial charge in [-0.15, -0.1) is 0 Å². The Balaban J connectivity index is 2.32. The molecule has 2 rings (SSSR count). The van der Waals surface area contributed by atoms with Gasteiger partial charge in [0.2, 0.25) is 0 Å². The van der Waals surface area contributed by atoms with Crippen LogP contribution in [0.2, 0.25) is 0 Å². The van der Waals surface area contributed by atoms with E-state index in [-0.39, 0.29) is 17.0 Å². The average Bonchev–Trinajstić information content (AvgIpc) is 2.80. The first-order valence-electron chi connectivity index (χ1n) is 5.74. The Kier molecular flexibility index (Phi) is 3.41. The molecule has 0 fully saturated rings. The van der Waals surface area contributed by atoms with E-state index >= 15 is 0 Å². The number of nitrogens with two attached hydrogens (primary N) is 1. The van der Waals surface area contributed by atoms with Gasteiger partial charge in [-0.2, -0.15) is 5.10 Å². The van der Waals surface area contributed by atoms with Crippen molar-refractivity contribution in [1.29, 1.82) is 0 Å². The fraction of sp³-hybridized carbons (Fsp3) is 0.231. The highest BCUT2D eigenvalue weighted by molar-refractivity contribution is 6.11. The van der Waals surface area contributed by atoms with E-state index in [9.17, 15) is 9.18 Å². The molecule has 5 heteroatoms. The summed E-state index contributed by atoms with van der Waals surface area (Å²) < 4.78 is 14.8. The van der Waals surface area contributed by atoms with Crippen LogP contribution in [0.3, 0.4) is 0 Å². The number of anilines is 1. The molecule has 0 bridgehead atoms. The van der Waals surface area contributed by atoms with E-state index in [0.29, 0.717) is 5.56 Å². The van der Waals surface area contributed by atoms with E-state index in [2.05, 4.69) is 5.10 Å². The molecule has 0 saturated carbocycles. The van der Waals surface area contributed by atoms with Crippen molar-refractivity contribution in [2.45, 2.75) is 19.9 Å². The topological polar surface area (TPSA) is 60.9 Å². The number of aromatic nitrogens is 2. The standard InChI is InChI=1S/C13H14FN3O/c1-2-5-17-8-9(7-16-17)13(18)11-6-10(14)3-4-12(11)15/h3-4,6-8H,2,5,15H2,1H3. The quantitative estimate of drug-likeness (QED) is 0.665. The molecule has 2 aromatic rings. The predicted molar refractivity (Wildman–Crippen MR) is 66.8 cm³/mol. The molecular weight excluding hydrogens is 233 g/mol. The van der Waals surface area contributed by atoms with Crippen molar-refractivity contribution in [3.05, 3.63) is 47.5 Å². The van der Waals surface area contributed by atoms with Crippen LogP contribution in [0.5, 0.6) is 0 Å². The smallest absolute Gasteiger partial charge is 0.198 e. The molecule has 4 nitrogen and oxygen atoms in total. The minimum atomic E-state index is -0.478. The lowest BCUT2D eigenvalue weighted by molar-refractivity contribution is 0.103. The van der Waals surface area contributed by atoms with E-state index in [1.807, 2.05) is 6.92 Å². The molecule has 0 aliphatic heterocycles. The molecule has 18 heavy (non-hydrogen) atoms. The van der Waals surface area contributed by atoms with E-state index in [4.69, 9.17) is 5.73 Å². The number of ketones is 1. The Morgan fingerprint density at radius 3 is 3.00 bits per heavy atom. The molecule has 0 saturated heterocycles. The van der Waals surface area contributed by atoms with Crippen LogP contribution in [0.25, 0.3) is 0 Å². The molecule has 0 aliphatic rings. The average molecular weight is 247 g/mol. The monoisotopic (exact) mass is 247 g/mol. The molecule has 0 aliphatic carbocycles. The van der Waals surface area contributed by atoms with Gasteiger partial charge < -0.3 is 5.73 Å². The van der Waals surface area contributed by atoms with Gasteiger partial charge in [0.05, 0.1) is 11.8 Å². The van der Waals surface area contributed by atoms with Gasteiger partial charge in [-0.25, -0.2) is 4.39 Å². The van der Waals surface area contributed by atoms with Crippen molar-refractivity contribution in [3.8, 4) is 0 Å². The second-order valence-corrected chi connectivity index (χ2v) is 4.05. The zero-order chi connectivity index (χ0) is 13.1. The first-order valence-corrected chi connectivity index (χ1v) is 5.74. The van der Waals surface area contributed by atoms with Gasteiger partial charge in [-0.05, 0) is 24.6 Å². The molecule has 94 valence electrons. The second kappa shape index (κ2) is 5.00. The highest BCUT2D eigenvalue weighted by atomic mass is 19.1. The maximum Gasteiger partial charge on any atom is 0.198 e. The zero-order valence-electron chi connectivity index (χ0n) is 10.1. The normalized spacial score (nSPS) is 10.6. The molecule has 1 aromatic heterocycles. The Morgan fingerprint density at radius 2 is 2.28 bits per heavy atom. The van der Waals surface area contributed by atoms with Crippen LogP contribution in [-0.4, -0.2) is 15.6 Å². The minimum Gasteiger partial charge on any atom is -0.398 e. The fourth-order valence-electron chi connectivity index (χ4n) is 1.71. The third-order valence-electron chi connectivity index (χ3n) is 2.61. The number of halogens is 1. The van der Waals surface area contributed by atoms with Crippen LogP contribution in [0, 0.1) is 5.82 Å². The Bertz CT molecular complexity index is 577. The first-order chi connectivity index (χ1) is 8.61. The largest absolute Gasteiger partial charge is 0.398 e. The van der Waals surface area contributed by atoms with Crippen molar-refractivity contribution >= 4 is 11.5 Å². The number of benzene rings is 1. The third kappa shape index (κ3) is 2.40. The summed E-state index contributed by atoms with van der Waals surface area (Å²) in [5.41, 5.74) is 6.54. The maximum atomic E-state index is 13.1. The number of nitrogens with zero attached hydrogens (tertiary/aromatic N) is 2. The molecule has 1 heterocycles. The molecule has 0 amide bonds. The summed E-state index contributed by atoms with van der Waals surface area (Å²) in [5, 5.41) is 4.07. The SMILES string of the molecule is CCCn1cc(C(=O)c2cc(F)ccc2N)cn1. The number of carbonyl (C=O) groups is 1. The van der Waals surface area contributed by atoms with Crippen LogP contribution in [0.4, 0.5) is 10.1 Å². The van der Waals surface area contributed by atoms with Crippen molar-refractivity contribution < 1.29 is 9.18 Å². The maximum absolute atomic E-state index is 13.1. The lowest BCUT2D eigenvalue weighted by Gasteiger charge is -2.02. The molecule has 1 aromatic carbocycles. The van der Waals surface area contributed by atoms with Crippen molar-refractivity contribution in [2.75, 3.05) is 5.73 Å². The molecule has 2 N–H and O–H groups in total. The number of rotatable bonds is 4. The number of hydrogen-bond donors (Lipinski definition) is 1. The molecule has 0 atom stereocenters. The Labute approximate surface area is 104 Å².